The molecule has 1 heterocycles. The molecule has 0 aliphatic rings. The van der Waals surface area contributed by atoms with Crippen LogP contribution in [-0.4, -0.2) is 9.97 Å². The number of aryl methyl sites for hydroxylation is 1. The summed E-state index contributed by atoms with van der Waals surface area (Å²) in [5.41, 5.74) is 1.03. The maximum atomic E-state index is 5.22. The zero-order valence-electron chi connectivity index (χ0n) is 7.67. The molecule has 0 aliphatic carbocycles. The molecule has 2 nitrogen and oxygen atoms in total. The molecule has 14 heavy (non-hydrogen) atoms. The van der Waals surface area contributed by atoms with E-state index in [9.17, 15) is 0 Å². The second-order valence-corrected chi connectivity index (χ2v) is 4.25. The van der Waals surface area contributed by atoms with Crippen molar-refractivity contribution in [1.29, 1.82) is 0 Å². The molecular weight excluding hydrogens is 260 g/mol. The number of halogens is 1. The van der Waals surface area contributed by atoms with E-state index in [-0.39, 0.29) is 0 Å². The van der Waals surface area contributed by atoms with E-state index in [2.05, 4.69) is 32.8 Å². The lowest BCUT2D eigenvalue weighted by Gasteiger charge is -2.03. The van der Waals surface area contributed by atoms with Crippen LogP contribution in [-0.2, 0) is 6.42 Å². The molecule has 1 N–H and O–H groups in total. The molecule has 0 atom stereocenters. The van der Waals surface area contributed by atoms with E-state index in [1.807, 2.05) is 18.2 Å². The number of H-pyrrole nitrogens is 1. The van der Waals surface area contributed by atoms with Crippen molar-refractivity contribution in [3.63, 3.8) is 0 Å². The molecule has 0 fully saturated rings. The largest absolute Gasteiger partial charge is 0.342 e. The average molecular weight is 269 g/mol. The van der Waals surface area contributed by atoms with Gasteiger partial charge in [-0.1, -0.05) is 25.2 Å². The van der Waals surface area contributed by atoms with E-state index in [0.29, 0.717) is 4.64 Å². The van der Waals surface area contributed by atoms with Gasteiger partial charge in [0.25, 0.3) is 0 Å². The average Bonchev–Trinajstić information content (AvgIpc) is 2.19. The summed E-state index contributed by atoms with van der Waals surface area (Å²) in [7, 11) is 0. The van der Waals surface area contributed by atoms with Crippen LogP contribution in [0.3, 0.4) is 0 Å². The van der Waals surface area contributed by atoms with E-state index in [1.165, 1.54) is 0 Å². The normalized spacial score (nSPS) is 10.7. The van der Waals surface area contributed by atoms with E-state index >= 15 is 0 Å². The molecule has 0 spiro atoms. The second kappa shape index (κ2) is 3.79. The number of aromatic amines is 1. The number of hydrogen-bond donors (Lipinski definition) is 1. The number of fused-ring (bicyclic) bond motifs is 1. The fraction of sp³-hybridized carbons (Fsp3) is 0.200. The Morgan fingerprint density at radius 1 is 1.50 bits per heavy atom. The lowest BCUT2D eigenvalue weighted by molar-refractivity contribution is 0.954. The summed E-state index contributed by atoms with van der Waals surface area (Å²) >= 11 is 8.70. The van der Waals surface area contributed by atoms with Crippen LogP contribution >= 0.6 is 28.1 Å². The van der Waals surface area contributed by atoms with E-state index in [1.54, 1.807) is 0 Å². The molecule has 1 aromatic heterocycles. The number of para-hydroxylation sites is 1. The van der Waals surface area contributed by atoms with Crippen LogP contribution in [0.1, 0.15) is 12.7 Å². The van der Waals surface area contributed by atoms with E-state index in [4.69, 9.17) is 12.2 Å². The van der Waals surface area contributed by atoms with Crippen LogP contribution in [0.15, 0.2) is 22.7 Å². The summed E-state index contributed by atoms with van der Waals surface area (Å²) in [5.74, 6) is 0.925. The second-order valence-electron chi connectivity index (χ2n) is 3.00. The number of hydrogen-bond acceptors (Lipinski definition) is 2. The number of rotatable bonds is 1. The maximum Gasteiger partial charge on any atom is 0.137 e. The van der Waals surface area contributed by atoms with Crippen LogP contribution in [0.5, 0.6) is 0 Å². The van der Waals surface area contributed by atoms with Crippen molar-refractivity contribution in [2.24, 2.45) is 0 Å². The molecule has 0 bridgehead atoms. The Morgan fingerprint density at radius 2 is 2.29 bits per heavy atom. The van der Waals surface area contributed by atoms with Crippen molar-refractivity contribution in [2.75, 3.05) is 0 Å². The molecule has 0 saturated heterocycles. The van der Waals surface area contributed by atoms with Gasteiger partial charge in [-0.15, -0.1) is 0 Å². The fourth-order valence-electron chi connectivity index (χ4n) is 1.35. The minimum atomic E-state index is 0.664. The number of nitrogens with one attached hydrogen (secondary N) is 1. The zero-order valence-corrected chi connectivity index (χ0v) is 10.1. The summed E-state index contributed by atoms with van der Waals surface area (Å²) in [6.07, 6.45) is 0.862. The Labute approximate surface area is 95.5 Å². The lowest BCUT2D eigenvalue weighted by atomic mass is 10.2. The standard InChI is InChI=1S/C10H9BrN2S/c1-2-8-12-9-6(10(14)13-8)4-3-5-7(9)11/h3-5H,2H2,1H3,(H,12,13,14). The molecule has 1 aromatic carbocycles. The van der Waals surface area contributed by atoms with Gasteiger partial charge in [-0.05, 0) is 28.1 Å². The van der Waals surface area contributed by atoms with Crippen LogP contribution in [0.25, 0.3) is 10.9 Å². The van der Waals surface area contributed by atoms with Crippen LogP contribution in [0, 0.1) is 4.64 Å². The van der Waals surface area contributed by atoms with Gasteiger partial charge in [-0.25, -0.2) is 4.98 Å². The highest BCUT2D eigenvalue weighted by Gasteiger charge is 2.02. The third-order valence-corrected chi connectivity index (χ3v) is 3.06. The number of nitrogens with zero attached hydrogens (tertiary/aromatic N) is 1. The molecule has 2 aromatic rings. The Morgan fingerprint density at radius 3 is 3.00 bits per heavy atom. The molecule has 0 unspecified atom stereocenters. The van der Waals surface area contributed by atoms with E-state index in [0.717, 1.165) is 27.6 Å². The van der Waals surface area contributed by atoms with Gasteiger partial charge >= 0.3 is 0 Å². The maximum absolute atomic E-state index is 5.22. The van der Waals surface area contributed by atoms with Crippen molar-refractivity contribution in [3.05, 3.63) is 33.1 Å². The summed E-state index contributed by atoms with van der Waals surface area (Å²) in [5, 5.41) is 0.992. The SMILES string of the molecule is CCc1nc(=S)c2cccc(Br)c2[nH]1. The van der Waals surface area contributed by atoms with Gasteiger partial charge in [0.2, 0.25) is 0 Å². The predicted molar refractivity (Wildman–Crippen MR) is 64.0 cm³/mol. The Kier molecular flexibility index (Phi) is 2.65. The summed E-state index contributed by atoms with van der Waals surface area (Å²) in [6, 6.07) is 5.93. The third-order valence-electron chi connectivity index (χ3n) is 2.08. The number of benzene rings is 1. The molecule has 0 radical (unpaired) electrons. The molecule has 0 amide bonds. The van der Waals surface area contributed by atoms with Crippen molar-refractivity contribution in [2.45, 2.75) is 13.3 Å². The highest BCUT2D eigenvalue weighted by Crippen LogP contribution is 2.22. The van der Waals surface area contributed by atoms with Gasteiger partial charge in [0.05, 0.1) is 5.52 Å². The van der Waals surface area contributed by atoms with Gasteiger partial charge in [0, 0.05) is 16.3 Å². The first-order valence-corrected chi connectivity index (χ1v) is 5.60. The first kappa shape index (κ1) is 9.80. The van der Waals surface area contributed by atoms with E-state index < -0.39 is 0 Å². The lowest BCUT2D eigenvalue weighted by Crippen LogP contribution is -1.94. The third kappa shape index (κ3) is 1.60. The molecule has 0 saturated carbocycles. The van der Waals surface area contributed by atoms with Gasteiger partial charge in [-0.3, -0.25) is 0 Å². The van der Waals surface area contributed by atoms with Crippen LogP contribution < -0.4 is 0 Å². The van der Waals surface area contributed by atoms with Gasteiger partial charge in [0.15, 0.2) is 0 Å². The quantitative estimate of drug-likeness (QED) is 0.801. The summed E-state index contributed by atoms with van der Waals surface area (Å²) < 4.78 is 1.69. The smallest absolute Gasteiger partial charge is 0.137 e. The highest BCUT2D eigenvalue weighted by atomic mass is 79.9. The minimum absolute atomic E-state index is 0.664. The summed E-state index contributed by atoms with van der Waals surface area (Å²) in [6.45, 7) is 2.05. The fourth-order valence-corrected chi connectivity index (χ4v) is 2.10. The van der Waals surface area contributed by atoms with Crippen molar-refractivity contribution >= 4 is 39.1 Å². The monoisotopic (exact) mass is 268 g/mol. The molecule has 0 aliphatic heterocycles. The minimum Gasteiger partial charge on any atom is -0.342 e. The highest BCUT2D eigenvalue weighted by molar-refractivity contribution is 9.10. The Balaban J connectivity index is 2.91. The topological polar surface area (TPSA) is 28.7 Å². The first-order chi connectivity index (χ1) is 6.72. The van der Waals surface area contributed by atoms with Crippen molar-refractivity contribution < 1.29 is 0 Å². The Bertz CT molecular complexity index is 533. The Hall–Kier alpha value is -0.740. The van der Waals surface area contributed by atoms with Gasteiger partial charge < -0.3 is 4.98 Å². The first-order valence-electron chi connectivity index (χ1n) is 4.39. The van der Waals surface area contributed by atoms with Crippen LogP contribution in [0.2, 0.25) is 0 Å². The predicted octanol–water partition coefficient (Wildman–Crippen LogP) is 3.62. The number of aromatic nitrogens is 2. The summed E-state index contributed by atoms with van der Waals surface area (Å²) in [4.78, 5) is 7.56. The van der Waals surface area contributed by atoms with Crippen LogP contribution in [0.4, 0.5) is 0 Å². The van der Waals surface area contributed by atoms with Crippen molar-refractivity contribution in [3.8, 4) is 0 Å². The van der Waals surface area contributed by atoms with Gasteiger partial charge in [0.1, 0.15) is 10.5 Å². The zero-order chi connectivity index (χ0) is 10.1. The van der Waals surface area contributed by atoms with Crippen molar-refractivity contribution in [1.82, 2.24) is 9.97 Å². The van der Waals surface area contributed by atoms with Gasteiger partial charge in [-0.2, -0.15) is 0 Å². The molecule has 4 heteroatoms. The molecule has 2 rings (SSSR count). The molecule has 72 valence electrons. The molecular formula is C10H9BrN2S.